The minimum atomic E-state index is -3.93. The monoisotopic (exact) mass is 459 g/mol. The fraction of sp³-hybridized carbons (Fsp3) is 0.190. The van der Waals surface area contributed by atoms with Crippen molar-refractivity contribution in [2.45, 2.75) is 25.3 Å². The van der Waals surface area contributed by atoms with Crippen molar-refractivity contribution < 1.29 is 22.7 Å². The van der Waals surface area contributed by atoms with Crippen LogP contribution < -0.4 is 4.83 Å². The van der Waals surface area contributed by atoms with Crippen molar-refractivity contribution in [2.24, 2.45) is 5.10 Å². The number of benzene rings is 2. The number of amides is 1. The van der Waals surface area contributed by atoms with Crippen LogP contribution >= 0.6 is 11.8 Å². The van der Waals surface area contributed by atoms with Gasteiger partial charge >= 0.3 is 5.97 Å². The molecule has 8 nitrogen and oxygen atoms in total. The lowest BCUT2D eigenvalue weighted by Gasteiger charge is -2.15. The van der Waals surface area contributed by atoms with Crippen LogP contribution in [0, 0.1) is 6.92 Å². The predicted molar refractivity (Wildman–Crippen MR) is 118 cm³/mol. The summed E-state index contributed by atoms with van der Waals surface area (Å²) in [6, 6.07) is 15.5. The summed E-state index contributed by atoms with van der Waals surface area (Å²) in [6.45, 7) is 3.85. The van der Waals surface area contributed by atoms with E-state index < -0.39 is 21.9 Å². The van der Waals surface area contributed by atoms with Crippen molar-refractivity contribution in [2.75, 3.05) is 6.61 Å². The second kappa shape index (κ2) is 9.80. The summed E-state index contributed by atoms with van der Waals surface area (Å²) in [5.41, 5.74) is 1.74. The SMILES string of the molecule is CCOC(=O)/C=C1\S/C(=N\NS(=O)(=O)c2ccc(C)cc2)N(Cc2ccccc2)C1=O. The van der Waals surface area contributed by atoms with E-state index in [0.29, 0.717) is 0 Å². The highest BCUT2D eigenvalue weighted by atomic mass is 32.2. The van der Waals surface area contributed by atoms with E-state index in [4.69, 9.17) is 4.74 Å². The van der Waals surface area contributed by atoms with Gasteiger partial charge < -0.3 is 4.74 Å². The molecule has 0 saturated carbocycles. The number of ether oxygens (including phenoxy) is 1. The van der Waals surface area contributed by atoms with Crippen LogP contribution in [0.4, 0.5) is 0 Å². The number of hydrogen-bond acceptors (Lipinski definition) is 7. The molecule has 31 heavy (non-hydrogen) atoms. The maximum atomic E-state index is 12.9. The molecule has 10 heteroatoms. The minimum absolute atomic E-state index is 0.0497. The largest absolute Gasteiger partial charge is 0.463 e. The van der Waals surface area contributed by atoms with E-state index in [-0.39, 0.29) is 28.1 Å². The number of thioether (sulfide) groups is 1. The molecule has 1 aliphatic rings. The topological polar surface area (TPSA) is 105 Å². The molecular formula is C21H21N3O5S2. The van der Waals surface area contributed by atoms with Gasteiger partial charge in [0.05, 0.1) is 23.0 Å². The third kappa shape index (κ3) is 5.74. The number of hydrazone groups is 1. The number of aryl methyl sites for hydroxylation is 1. The first-order chi connectivity index (χ1) is 14.8. The molecule has 162 valence electrons. The highest BCUT2D eigenvalue weighted by Gasteiger charge is 2.35. The maximum Gasteiger partial charge on any atom is 0.332 e. The van der Waals surface area contributed by atoms with Gasteiger partial charge in [-0.3, -0.25) is 9.69 Å². The summed E-state index contributed by atoms with van der Waals surface area (Å²) in [6.07, 6.45) is 1.09. The molecule has 0 spiro atoms. The van der Waals surface area contributed by atoms with Gasteiger partial charge in [0, 0.05) is 6.08 Å². The van der Waals surface area contributed by atoms with Crippen LogP contribution in [0.2, 0.25) is 0 Å². The van der Waals surface area contributed by atoms with E-state index in [0.717, 1.165) is 29.0 Å². The third-order valence-corrected chi connectivity index (χ3v) is 6.43. The molecule has 0 aliphatic carbocycles. The second-order valence-electron chi connectivity index (χ2n) is 6.54. The van der Waals surface area contributed by atoms with E-state index in [1.54, 1.807) is 19.1 Å². The van der Waals surface area contributed by atoms with Crippen LogP contribution in [-0.4, -0.2) is 37.0 Å². The zero-order chi connectivity index (χ0) is 22.4. The standard InChI is InChI=1S/C21H21N3O5S2/c1-3-29-19(25)13-18-20(26)24(14-16-7-5-4-6-8-16)21(30-18)22-23-31(27,28)17-11-9-15(2)10-12-17/h4-13,23H,3,14H2,1-2H3/b18-13-,22-21-. The maximum absolute atomic E-state index is 12.9. The van der Waals surface area contributed by atoms with E-state index in [9.17, 15) is 18.0 Å². The summed E-state index contributed by atoms with van der Waals surface area (Å²) >= 11 is 0.898. The molecule has 1 aliphatic heterocycles. The van der Waals surface area contributed by atoms with Gasteiger partial charge in [-0.2, -0.15) is 13.2 Å². The predicted octanol–water partition coefficient (Wildman–Crippen LogP) is 2.77. The van der Waals surface area contributed by atoms with Crippen LogP contribution in [0.3, 0.4) is 0 Å². The molecule has 3 rings (SSSR count). The van der Waals surface area contributed by atoms with Gasteiger partial charge in [-0.25, -0.2) is 4.79 Å². The Balaban J connectivity index is 1.89. The van der Waals surface area contributed by atoms with Crippen molar-refractivity contribution in [1.29, 1.82) is 0 Å². The Bertz CT molecular complexity index is 1130. The molecule has 1 fully saturated rings. The average molecular weight is 460 g/mol. The molecule has 1 heterocycles. The van der Waals surface area contributed by atoms with Crippen LogP contribution in [0.1, 0.15) is 18.1 Å². The Morgan fingerprint density at radius 2 is 1.84 bits per heavy atom. The first-order valence-electron chi connectivity index (χ1n) is 9.38. The summed E-state index contributed by atoms with van der Waals surface area (Å²) in [5, 5.41) is 4.09. The summed E-state index contributed by atoms with van der Waals surface area (Å²) < 4.78 is 30.0. The first kappa shape index (κ1) is 22.6. The number of amidine groups is 1. The van der Waals surface area contributed by atoms with E-state index in [1.165, 1.54) is 17.0 Å². The van der Waals surface area contributed by atoms with Gasteiger partial charge in [0.25, 0.3) is 15.9 Å². The van der Waals surface area contributed by atoms with Gasteiger partial charge in [-0.1, -0.05) is 48.0 Å². The molecule has 1 amide bonds. The number of esters is 1. The zero-order valence-corrected chi connectivity index (χ0v) is 18.6. The Hall–Kier alpha value is -3.11. The number of nitrogens with one attached hydrogen (secondary N) is 1. The highest BCUT2D eigenvalue weighted by Crippen LogP contribution is 2.32. The van der Waals surface area contributed by atoms with Crippen LogP contribution in [0.25, 0.3) is 0 Å². The smallest absolute Gasteiger partial charge is 0.332 e. The molecule has 2 aromatic carbocycles. The van der Waals surface area contributed by atoms with Crippen molar-refractivity contribution in [3.8, 4) is 0 Å². The average Bonchev–Trinajstić information content (AvgIpc) is 3.02. The van der Waals surface area contributed by atoms with Gasteiger partial charge in [0.2, 0.25) is 0 Å². The van der Waals surface area contributed by atoms with Gasteiger partial charge in [0.15, 0.2) is 5.17 Å². The molecule has 0 unspecified atom stereocenters. The number of hydrogen-bond donors (Lipinski definition) is 1. The lowest BCUT2D eigenvalue weighted by atomic mass is 10.2. The quantitative estimate of drug-likeness (QED) is 0.388. The summed E-state index contributed by atoms with van der Waals surface area (Å²) in [7, 11) is -3.93. The Labute approximate surface area is 185 Å². The Morgan fingerprint density at radius 1 is 1.16 bits per heavy atom. The van der Waals surface area contributed by atoms with Crippen molar-refractivity contribution in [3.63, 3.8) is 0 Å². The number of sulfonamides is 1. The molecule has 0 bridgehead atoms. The van der Waals surface area contributed by atoms with Crippen molar-refractivity contribution in [1.82, 2.24) is 9.73 Å². The molecule has 2 aromatic rings. The highest BCUT2D eigenvalue weighted by molar-refractivity contribution is 8.18. The Kier molecular flexibility index (Phi) is 7.13. The normalized spacial score (nSPS) is 16.7. The van der Waals surface area contributed by atoms with Crippen molar-refractivity contribution >= 4 is 38.8 Å². The Morgan fingerprint density at radius 3 is 2.48 bits per heavy atom. The lowest BCUT2D eigenvalue weighted by molar-refractivity contribution is -0.137. The fourth-order valence-electron chi connectivity index (χ4n) is 2.66. The van der Waals surface area contributed by atoms with Crippen LogP contribution in [0.15, 0.2) is 75.6 Å². The first-order valence-corrected chi connectivity index (χ1v) is 11.7. The molecule has 1 saturated heterocycles. The number of rotatable bonds is 7. The molecule has 0 radical (unpaired) electrons. The van der Waals surface area contributed by atoms with E-state index in [1.807, 2.05) is 37.3 Å². The van der Waals surface area contributed by atoms with Crippen LogP contribution in [0.5, 0.6) is 0 Å². The van der Waals surface area contributed by atoms with Gasteiger partial charge in [-0.05, 0) is 43.3 Å². The van der Waals surface area contributed by atoms with Gasteiger partial charge in [0.1, 0.15) is 0 Å². The molecule has 0 aromatic heterocycles. The number of carbonyl (C=O) groups excluding carboxylic acids is 2. The van der Waals surface area contributed by atoms with Gasteiger partial charge in [-0.15, -0.1) is 5.10 Å². The molecule has 0 atom stereocenters. The molecule has 1 N–H and O–H groups in total. The number of nitrogens with zero attached hydrogens (tertiary/aromatic N) is 2. The van der Waals surface area contributed by atoms with Crippen LogP contribution in [-0.2, 0) is 30.9 Å². The second-order valence-corrected chi connectivity index (χ2v) is 9.21. The van der Waals surface area contributed by atoms with E-state index in [2.05, 4.69) is 9.93 Å². The lowest BCUT2D eigenvalue weighted by Crippen LogP contribution is -2.31. The summed E-state index contributed by atoms with van der Waals surface area (Å²) in [4.78, 5) is 28.3. The third-order valence-electron chi connectivity index (χ3n) is 4.20. The molecular weight excluding hydrogens is 438 g/mol. The zero-order valence-electron chi connectivity index (χ0n) is 16.9. The fourth-order valence-corrected chi connectivity index (χ4v) is 4.42. The van der Waals surface area contributed by atoms with E-state index >= 15 is 0 Å². The number of carbonyl (C=O) groups is 2. The minimum Gasteiger partial charge on any atom is -0.463 e. The summed E-state index contributed by atoms with van der Waals surface area (Å²) in [5.74, 6) is -1.12. The van der Waals surface area contributed by atoms with Crippen molar-refractivity contribution in [3.05, 3.63) is 76.7 Å².